The molecule has 1 aromatic rings. The van der Waals surface area contributed by atoms with Crippen LogP contribution in [0.1, 0.15) is 12.0 Å². The molecule has 1 heterocycles. The van der Waals surface area contributed by atoms with Gasteiger partial charge in [0.15, 0.2) is 0 Å². The van der Waals surface area contributed by atoms with Crippen LogP contribution >= 0.6 is 11.6 Å². The Morgan fingerprint density at radius 2 is 2.42 bits per heavy atom. The van der Waals surface area contributed by atoms with Gasteiger partial charge in [0.25, 0.3) is 0 Å². The van der Waals surface area contributed by atoms with E-state index in [2.05, 4.69) is 10.9 Å². The van der Waals surface area contributed by atoms with Crippen LogP contribution in [0.25, 0.3) is 0 Å². The van der Waals surface area contributed by atoms with E-state index in [-0.39, 0.29) is 0 Å². The summed E-state index contributed by atoms with van der Waals surface area (Å²) < 4.78 is 12.9. The van der Waals surface area contributed by atoms with Crippen LogP contribution in [-0.4, -0.2) is 4.98 Å². The molecule has 0 unspecified atom stereocenters. The van der Waals surface area contributed by atoms with Crippen molar-refractivity contribution in [2.45, 2.75) is 12.8 Å². The third-order valence-electron chi connectivity index (χ3n) is 1.42. The minimum atomic E-state index is -0.491. The molecule has 0 spiro atoms. The Morgan fingerprint density at radius 3 is 3.08 bits per heavy atom. The highest BCUT2D eigenvalue weighted by atomic mass is 35.5. The van der Waals surface area contributed by atoms with Gasteiger partial charge in [-0.15, -0.1) is 12.3 Å². The quantitative estimate of drug-likeness (QED) is 0.507. The molecule has 1 rings (SSSR count). The van der Waals surface area contributed by atoms with E-state index in [1.165, 1.54) is 6.20 Å². The fraction of sp³-hybridized carbons (Fsp3) is 0.222. The normalized spacial score (nSPS) is 9.42. The zero-order chi connectivity index (χ0) is 8.97. The van der Waals surface area contributed by atoms with Gasteiger partial charge in [-0.2, -0.15) is 4.39 Å². The average molecular weight is 184 g/mol. The van der Waals surface area contributed by atoms with Crippen molar-refractivity contribution in [3.8, 4) is 12.3 Å². The molecule has 0 radical (unpaired) electrons. The van der Waals surface area contributed by atoms with Gasteiger partial charge < -0.3 is 0 Å². The predicted molar refractivity (Wildman–Crippen MR) is 46.4 cm³/mol. The summed E-state index contributed by atoms with van der Waals surface area (Å²) in [5.74, 6) is 1.93. The number of pyridine rings is 1. The minimum Gasteiger partial charge on any atom is -0.227 e. The Hall–Kier alpha value is -1.07. The predicted octanol–water partition coefficient (Wildman–Crippen LogP) is 2.44. The molecule has 0 saturated heterocycles. The molecule has 1 nitrogen and oxygen atoms in total. The monoisotopic (exact) mass is 183 g/mol. The number of rotatable bonds is 2. The summed E-state index contributed by atoms with van der Waals surface area (Å²) in [5.41, 5.74) is 0.473. The summed E-state index contributed by atoms with van der Waals surface area (Å²) in [6.45, 7) is 0. The van der Waals surface area contributed by atoms with Crippen LogP contribution in [0.4, 0.5) is 4.39 Å². The molecule has 0 bridgehead atoms. The second-order valence-corrected chi connectivity index (χ2v) is 2.74. The van der Waals surface area contributed by atoms with E-state index in [0.29, 0.717) is 23.4 Å². The summed E-state index contributed by atoms with van der Waals surface area (Å²) in [4.78, 5) is 3.46. The van der Waals surface area contributed by atoms with E-state index in [0.717, 1.165) is 0 Å². The number of nitrogens with zero attached hydrogens (tertiary/aromatic N) is 1. The Bertz CT molecular complexity index is 317. The topological polar surface area (TPSA) is 12.9 Å². The van der Waals surface area contributed by atoms with Crippen molar-refractivity contribution < 1.29 is 4.39 Å². The van der Waals surface area contributed by atoms with E-state index in [1.807, 2.05) is 0 Å². The fourth-order valence-electron chi connectivity index (χ4n) is 0.847. The molecule has 0 fully saturated rings. The van der Waals surface area contributed by atoms with Crippen LogP contribution in [0.5, 0.6) is 0 Å². The Kier molecular flexibility index (Phi) is 3.07. The van der Waals surface area contributed by atoms with E-state index >= 15 is 0 Å². The first-order chi connectivity index (χ1) is 5.74. The summed E-state index contributed by atoms with van der Waals surface area (Å²) in [6.07, 6.45) is 7.29. The van der Waals surface area contributed by atoms with Crippen molar-refractivity contribution in [3.63, 3.8) is 0 Å². The number of hydrogen-bond acceptors (Lipinski definition) is 1. The molecule has 0 N–H and O–H groups in total. The Labute approximate surface area is 75.6 Å². The fourth-order valence-corrected chi connectivity index (χ4v) is 1.03. The van der Waals surface area contributed by atoms with Gasteiger partial charge in [0.2, 0.25) is 5.95 Å². The zero-order valence-electron chi connectivity index (χ0n) is 6.35. The maximum atomic E-state index is 12.9. The molecule has 12 heavy (non-hydrogen) atoms. The summed E-state index contributed by atoms with van der Waals surface area (Å²) in [7, 11) is 0. The number of aryl methyl sites for hydroxylation is 1. The average Bonchev–Trinajstić information content (AvgIpc) is 2.07. The first-order valence-corrected chi connectivity index (χ1v) is 3.85. The van der Waals surface area contributed by atoms with Crippen molar-refractivity contribution in [3.05, 3.63) is 28.8 Å². The van der Waals surface area contributed by atoms with Crippen molar-refractivity contribution in [2.24, 2.45) is 0 Å². The summed E-state index contributed by atoms with van der Waals surface area (Å²) in [6, 6.07) is 1.54. The molecule has 0 aliphatic carbocycles. The number of hydrogen-bond donors (Lipinski definition) is 0. The van der Waals surface area contributed by atoms with Crippen molar-refractivity contribution in [2.75, 3.05) is 0 Å². The molecule has 3 heteroatoms. The lowest BCUT2D eigenvalue weighted by atomic mass is 10.1. The van der Waals surface area contributed by atoms with Crippen LogP contribution in [0.2, 0.25) is 5.02 Å². The lowest BCUT2D eigenvalue weighted by molar-refractivity contribution is 0.566. The lowest BCUT2D eigenvalue weighted by Crippen LogP contribution is -1.92. The summed E-state index contributed by atoms with van der Waals surface area (Å²) in [5, 5.41) is 0.434. The highest BCUT2D eigenvalue weighted by Crippen LogP contribution is 2.13. The van der Waals surface area contributed by atoms with E-state index in [1.54, 1.807) is 6.07 Å². The first kappa shape index (κ1) is 9.02. The van der Waals surface area contributed by atoms with Crippen LogP contribution < -0.4 is 0 Å². The molecule has 0 aliphatic rings. The van der Waals surface area contributed by atoms with E-state index in [4.69, 9.17) is 18.0 Å². The van der Waals surface area contributed by atoms with Crippen LogP contribution in [0.3, 0.4) is 0 Å². The van der Waals surface area contributed by atoms with Crippen molar-refractivity contribution in [1.29, 1.82) is 0 Å². The maximum Gasteiger partial charge on any atom is 0.216 e. The van der Waals surface area contributed by atoms with Crippen LogP contribution in [0.15, 0.2) is 12.3 Å². The van der Waals surface area contributed by atoms with Crippen LogP contribution in [-0.2, 0) is 6.42 Å². The molecular formula is C9H7ClFN. The third kappa shape index (κ3) is 2.21. The Balaban J connectivity index is 2.84. The molecule has 0 aliphatic heterocycles. The van der Waals surface area contributed by atoms with Crippen molar-refractivity contribution >= 4 is 11.6 Å². The molecule has 0 saturated carbocycles. The van der Waals surface area contributed by atoms with Gasteiger partial charge >= 0.3 is 0 Å². The third-order valence-corrected chi connectivity index (χ3v) is 1.62. The standard InChI is InChI=1S/C9H7ClFN/c1-2-3-4-7-5-8(10)6-12-9(7)11/h1,5-6H,3-4H2. The van der Waals surface area contributed by atoms with Crippen molar-refractivity contribution in [1.82, 2.24) is 4.98 Å². The van der Waals surface area contributed by atoms with Gasteiger partial charge in [-0.25, -0.2) is 4.98 Å². The van der Waals surface area contributed by atoms with Gasteiger partial charge in [0, 0.05) is 18.2 Å². The minimum absolute atomic E-state index is 0.434. The van der Waals surface area contributed by atoms with Crippen LogP contribution in [0, 0.1) is 18.3 Å². The maximum absolute atomic E-state index is 12.9. The van der Waals surface area contributed by atoms with Gasteiger partial charge in [-0.05, 0) is 12.5 Å². The number of halogens is 2. The molecular weight excluding hydrogens is 177 g/mol. The van der Waals surface area contributed by atoms with E-state index < -0.39 is 5.95 Å². The number of terminal acetylenes is 1. The van der Waals surface area contributed by atoms with Gasteiger partial charge in [0.05, 0.1) is 5.02 Å². The lowest BCUT2D eigenvalue weighted by Gasteiger charge is -1.98. The van der Waals surface area contributed by atoms with Gasteiger partial charge in [-0.3, -0.25) is 0 Å². The second kappa shape index (κ2) is 4.08. The highest BCUT2D eigenvalue weighted by Gasteiger charge is 2.02. The molecule has 0 aromatic carbocycles. The zero-order valence-corrected chi connectivity index (χ0v) is 7.11. The second-order valence-electron chi connectivity index (χ2n) is 2.31. The largest absolute Gasteiger partial charge is 0.227 e. The molecule has 1 aromatic heterocycles. The smallest absolute Gasteiger partial charge is 0.216 e. The number of aromatic nitrogens is 1. The SMILES string of the molecule is C#CCCc1cc(Cl)cnc1F. The molecule has 0 amide bonds. The Morgan fingerprint density at radius 1 is 1.67 bits per heavy atom. The molecule has 0 atom stereocenters. The highest BCUT2D eigenvalue weighted by molar-refractivity contribution is 6.30. The first-order valence-electron chi connectivity index (χ1n) is 3.47. The van der Waals surface area contributed by atoms with E-state index in [9.17, 15) is 4.39 Å². The van der Waals surface area contributed by atoms with Gasteiger partial charge in [0.1, 0.15) is 0 Å². The summed E-state index contributed by atoms with van der Waals surface area (Å²) >= 11 is 5.61. The molecule has 62 valence electrons. The van der Waals surface area contributed by atoms with Gasteiger partial charge in [-0.1, -0.05) is 11.6 Å².